The van der Waals surface area contributed by atoms with Gasteiger partial charge in [-0.05, 0) is 43.0 Å². The molecule has 0 fully saturated rings. The van der Waals surface area contributed by atoms with Crippen molar-refractivity contribution in [2.45, 2.75) is 32.1 Å². The van der Waals surface area contributed by atoms with Gasteiger partial charge in [-0.1, -0.05) is 6.92 Å². The van der Waals surface area contributed by atoms with Gasteiger partial charge in [0.2, 0.25) is 0 Å². The van der Waals surface area contributed by atoms with Gasteiger partial charge in [-0.3, -0.25) is 4.98 Å². The number of fused-ring (bicyclic) bond motifs is 2. The summed E-state index contributed by atoms with van der Waals surface area (Å²) in [7, 11) is 1.58. The summed E-state index contributed by atoms with van der Waals surface area (Å²) in [6, 6.07) is 5.43. The van der Waals surface area contributed by atoms with Crippen molar-refractivity contribution in [1.82, 2.24) is 4.98 Å². The van der Waals surface area contributed by atoms with E-state index in [2.05, 4.69) is 6.92 Å². The first-order chi connectivity index (χ1) is 9.65. The number of aromatic carboxylic acids is 1. The summed E-state index contributed by atoms with van der Waals surface area (Å²) in [5, 5.41) is 10.3. The first-order valence-electron chi connectivity index (χ1n) is 6.89. The molecule has 0 saturated carbocycles. The van der Waals surface area contributed by atoms with Gasteiger partial charge in [0, 0.05) is 17.0 Å². The smallest absolute Gasteiger partial charge is 0.336 e. The lowest BCUT2D eigenvalue weighted by Gasteiger charge is -2.12. The molecule has 0 amide bonds. The van der Waals surface area contributed by atoms with E-state index in [4.69, 9.17) is 9.72 Å². The standard InChI is InChI=1S/C16H17NO3/c1-3-9-4-6-11-14(16(18)19)12-8-10(20-2)5-7-13(12)17-15(9)11/h5,7-9H,3-4,6H2,1-2H3,(H,18,19). The number of hydrogen-bond donors (Lipinski definition) is 1. The second-order valence-electron chi connectivity index (χ2n) is 5.18. The quantitative estimate of drug-likeness (QED) is 0.929. The van der Waals surface area contributed by atoms with E-state index in [0.717, 1.165) is 36.0 Å². The Balaban J connectivity index is 2.34. The Hall–Kier alpha value is -2.10. The summed E-state index contributed by atoms with van der Waals surface area (Å²) < 4.78 is 5.20. The summed E-state index contributed by atoms with van der Waals surface area (Å²) in [5.74, 6) is 0.167. The van der Waals surface area contributed by atoms with Crippen LogP contribution in [0, 0.1) is 0 Å². The molecule has 0 spiro atoms. The molecular formula is C16H17NO3. The summed E-state index contributed by atoms with van der Waals surface area (Å²) in [6.07, 6.45) is 2.79. The van der Waals surface area contributed by atoms with E-state index in [1.165, 1.54) is 0 Å². The molecule has 4 nitrogen and oxygen atoms in total. The van der Waals surface area contributed by atoms with Gasteiger partial charge < -0.3 is 9.84 Å². The number of methoxy groups -OCH3 is 1. The molecule has 0 aliphatic heterocycles. The van der Waals surface area contributed by atoms with Crippen molar-refractivity contribution in [2.24, 2.45) is 0 Å². The minimum absolute atomic E-state index is 0.384. The molecule has 1 N–H and O–H groups in total. The SMILES string of the molecule is CCC1CCc2c1nc1ccc(OC)cc1c2C(=O)O. The van der Waals surface area contributed by atoms with Crippen molar-refractivity contribution < 1.29 is 14.6 Å². The number of hydrogen-bond acceptors (Lipinski definition) is 3. The van der Waals surface area contributed by atoms with Crippen molar-refractivity contribution in [3.63, 3.8) is 0 Å². The molecule has 0 saturated heterocycles. The van der Waals surface area contributed by atoms with Crippen LogP contribution in [0.3, 0.4) is 0 Å². The third kappa shape index (κ3) is 1.83. The minimum atomic E-state index is -0.876. The lowest BCUT2D eigenvalue weighted by atomic mass is 9.99. The summed E-state index contributed by atoms with van der Waals surface area (Å²) in [4.78, 5) is 16.4. The number of pyridine rings is 1. The number of rotatable bonds is 3. The van der Waals surface area contributed by atoms with E-state index in [1.54, 1.807) is 13.2 Å². The molecule has 0 bridgehead atoms. The monoisotopic (exact) mass is 271 g/mol. The maximum absolute atomic E-state index is 11.7. The molecule has 1 unspecified atom stereocenters. The number of carboxylic acids is 1. The third-order valence-corrected chi connectivity index (χ3v) is 4.16. The highest BCUT2D eigenvalue weighted by Gasteiger charge is 2.29. The van der Waals surface area contributed by atoms with Gasteiger partial charge in [-0.2, -0.15) is 0 Å². The number of benzene rings is 1. The number of ether oxygens (including phenoxy) is 1. The topological polar surface area (TPSA) is 59.4 Å². The number of nitrogens with zero attached hydrogens (tertiary/aromatic N) is 1. The first kappa shape index (κ1) is 12.9. The highest BCUT2D eigenvalue weighted by atomic mass is 16.5. The molecule has 1 aromatic heterocycles. The molecule has 1 heterocycles. The Labute approximate surface area is 117 Å². The Morgan fingerprint density at radius 3 is 2.95 bits per heavy atom. The van der Waals surface area contributed by atoms with Gasteiger partial charge in [0.05, 0.1) is 18.2 Å². The molecule has 1 aromatic carbocycles. The van der Waals surface area contributed by atoms with Crippen LogP contribution in [0.4, 0.5) is 0 Å². The van der Waals surface area contributed by atoms with E-state index in [0.29, 0.717) is 22.6 Å². The molecule has 4 heteroatoms. The lowest BCUT2D eigenvalue weighted by molar-refractivity contribution is 0.0698. The Kier molecular flexibility index (Phi) is 3.08. The predicted molar refractivity (Wildman–Crippen MR) is 76.6 cm³/mol. The summed E-state index contributed by atoms with van der Waals surface area (Å²) in [6.45, 7) is 2.13. The second kappa shape index (κ2) is 4.78. The van der Waals surface area contributed by atoms with Crippen LogP contribution < -0.4 is 4.74 Å². The maximum Gasteiger partial charge on any atom is 0.336 e. The van der Waals surface area contributed by atoms with Crippen molar-refractivity contribution >= 4 is 16.9 Å². The average molecular weight is 271 g/mol. The fraction of sp³-hybridized carbons (Fsp3) is 0.375. The zero-order chi connectivity index (χ0) is 14.3. The first-order valence-corrected chi connectivity index (χ1v) is 6.89. The predicted octanol–water partition coefficient (Wildman–Crippen LogP) is 3.38. The van der Waals surface area contributed by atoms with Crippen LogP contribution in [-0.4, -0.2) is 23.2 Å². The normalized spacial score (nSPS) is 17.2. The van der Waals surface area contributed by atoms with Crippen molar-refractivity contribution in [3.05, 3.63) is 35.0 Å². The maximum atomic E-state index is 11.7. The van der Waals surface area contributed by atoms with Crippen LogP contribution in [0.1, 0.15) is 47.3 Å². The fourth-order valence-corrected chi connectivity index (χ4v) is 3.12. The van der Waals surface area contributed by atoms with E-state index in [9.17, 15) is 9.90 Å². The van der Waals surface area contributed by atoms with Crippen LogP contribution in [0.2, 0.25) is 0 Å². The Bertz CT molecular complexity index is 694. The van der Waals surface area contributed by atoms with Gasteiger partial charge in [-0.25, -0.2) is 4.79 Å². The second-order valence-corrected chi connectivity index (χ2v) is 5.18. The minimum Gasteiger partial charge on any atom is -0.497 e. The van der Waals surface area contributed by atoms with Crippen molar-refractivity contribution in [3.8, 4) is 5.75 Å². The molecule has 3 rings (SSSR count). The largest absolute Gasteiger partial charge is 0.497 e. The Morgan fingerprint density at radius 2 is 2.30 bits per heavy atom. The van der Waals surface area contributed by atoms with E-state index in [-0.39, 0.29) is 0 Å². The molecule has 0 radical (unpaired) electrons. The third-order valence-electron chi connectivity index (χ3n) is 4.16. The van der Waals surface area contributed by atoms with Crippen LogP contribution in [0.5, 0.6) is 5.75 Å². The lowest BCUT2D eigenvalue weighted by Crippen LogP contribution is -2.06. The average Bonchev–Trinajstić information content (AvgIpc) is 2.86. The van der Waals surface area contributed by atoms with Gasteiger partial charge >= 0.3 is 5.97 Å². The van der Waals surface area contributed by atoms with Gasteiger partial charge in [0.1, 0.15) is 5.75 Å². The molecule has 1 aliphatic carbocycles. The summed E-state index contributed by atoms with van der Waals surface area (Å²) in [5.41, 5.74) is 3.02. The molecule has 1 aliphatic rings. The fourth-order valence-electron chi connectivity index (χ4n) is 3.12. The highest BCUT2D eigenvalue weighted by molar-refractivity contribution is 6.04. The Morgan fingerprint density at radius 1 is 1.50 bits per heavy atom. The molecule has 1 atom stereocenters. The summed E-state index contributed by atoms with van der Waals surface area (Å²) >= 11 is 0. The zero-order valence-corrected chi connectivity index (χ0v) is 11.6. The number of carboxylic acid groups (broad SMARTS) is 1. The van der Waals surface area contributed by atoms with Crippen LogP contribution in [-0.2, 0) is 6.42 Å². The van der Waals surface area contributed by atoms with Gasteiger partial charge in [-0.15, -0.1) is 0 Å². The molecule has 104 valence electrons. The van der Waals surface area contributed by atoms with Crippen LogP contribution in [0.15, 0.2) is 18.2 Å². The van der Waals surface area contributed by atoms with E-state index < -0.39 is 5.97 Å². The van der Waals surface area contributed by atoms with Crippen molar-refractivity contribution in [1.29, 1.82) is 0 Å². The zero-order valence-electron chi connectivity index (χ0n) is 11.6. The molecule has 2 aromatic rings. The van der Waals surface area contributed by atoms with Crippen molar-refractivity contribution in [2.75, 3.05) is 7.11 Å². The highest BCUT2D eigenvalue weighted by Crippen LogP contribution is 2.39. The molecular weight excluding hydrogens is 254 g/mol. The molecule has 20 heavy (non-hydrogen) atoms. The van der Waals surface area contributed by atoms with E-state index >= 15 is 0 Å². The van der Waals surface area contributed by atoms with Crippen LogP contribution in [0.25, 0.3) is 10.9 Å². The number of carbonyl (C=O) groups is 1. The van der Waals surface area contributed by atoms with Crippen LogP contribution >= 0.6 is 0 Å². The van der Waals surface area contributed by atoms with E-state index in [1.807, 2.05) is 12.1 Å². The van der Waals surface area contributed by atoms with Gasteiger partial charge in [0.25, 0.3) is 0 Å². The van der Waals surface area contributed by atoms with Gasteiger partial charge in [0.15, 0.2) is 0 Å². The number of aromatic nitrogens is 1.